The predicted molar refractivity (Wildman–Crippen MR) is 63.1 cm³/mol. The van der Waals surface area contributed by atoms with E-state index < -0.39 is 22.4 Å². The molecule has 96 valence electrons. The van der Waals surface area contributed by atoms with Crippen molar-refractivity contribution in [2.45, 2.75) is 0 Å². The van der Waals surface area contributed by atoms with Gasteiger partial charge in [0.15, 0.2) is 0 Å². The summed E-state index contributed by atoms with van der Waals surface area (Å²) in [6, 6.07) is 1.72. The highest BCUT2D eigenvalue weighted by Crippen LogP contribution is 2.28. The van der Waals surface area contributed by atoms with E-state index in [1.165, 1.54) is 6.08 Å². The van der Waals surface area contributed by atoms with Crippen molar-refractivity contribution < 1.29 is 18.8 Å². The molecule has 0 aliphatic heterocycles. The Labute approximate surface area is 102 Å². The summed E-state index contributed by atoms with van der Waals surface area (Å²) in [5, 5.41) is 13.4. The predicted octanol–water partition coefficient (Wildman–Crippen LogP) is 2.12. The van der Waals surface area contributed by atoms with Gasteiger partial charge in [0.2, 0.25) is 0 Å². The number of esters is 1. The SMILES string of the molecule is C=CCNc1cc(C(=O)OC)c(F)cc1[N+](=O)[O-]. The molecule has 0 radical (unpaired) electrons. The molecule has 7 heteroatoms. The van der Waals surface area contributed by atoms with Crippen molar-refractivity contribution in [1.29, 1.82) is 0 Å². The van der Waals surface area contributed by atoms with Gasteiger partial charge in [0.05, 0.1) is 23.7 Å². The molecule has 0 aliphatic carbocycles. The largest absolute Gasteiger partial charge is 0.465 e. The zero-order chi connectivity index (χ0) is 13.7. The Bertz CT molecular complexity index is 502. The molecule has 1 N–H and O–H groups in total. The Morgan fingerprint density at radius 1 is 1.67 bits per heavy atom. The van der Waals surface area contributed by atoms with E-state index in [2.05, 4.69) is 16.6 Å². The van der Waals surface area contributed by atoms with Gasteiger partial charge in [-0.05, 0) is 6.07 Å². The van der Waals surface area contributed by atoms with Gasteiger partial charge in [0.25, 0.3) is 5.69 Å². The number of carbonyl (C=O) groups is 1. The third-order valence-corrected chi connectivity index (χ3v) is 2.12. The van der Waals surface area contributed by atoms with Crippen molar-refractivity contribution >= 4 is 17.3 Å². The molecule has 0 saturated carbocycles. The lowest BCUT2D eigenvalue weighted by Crippen LogP contribution is -2.09. The molecule has 6 nitrogen and oxygen atoms in total. The van der Waals surface area contributed by atoms with Crippen molar-refractivity contribution in [3.8, 4) is 0 Å². The quantitative estimate of drug-likeness (QED) is 0.376. The van der Waals surface area contributed by atoms with Crippen LogP contribution in [0.1, 0.15) is 10.4 Å². The fourth-order valence-corrected chi connectivity index (χ4v) is 1.30. The van der Waals surface area contributed by atoms with Crippen LogP contribution in [0.5, 0.6) is 0 Å². The number of nitro benzene ring substituents is 1. The van der Waals surface area contributed by atoms with E-state index >= 15 is 0 Å². The molecule has 0 aromatic heterocycles. The molecule has 0 amide bonds. The van der Waals surface area contributed by atoms with Crippen molar-refractivity contribution in [1.82, 2.24) is 0 Å². The average molecular weight is 254 g/mol. The fourth-order valence-electron chi connectivity index (χ4n) is 1.30. The molecule has 0 bridgehead atoms. The molecule has 1 aromatic rings. The van der Waals surface area contributed by atoms with Gasteiger partial charge in [-0.1, -0.05) is 6.08 Å². The maximum absolute atomic E-state index is 13.5. The highest BCUT2D eigenvalue weighted by atomic mass is 19.1. The standard InChI is InChI=1S/C11H11FN2O4/c1-3-4-13-9-5-7(11(15)18-2)8(12)6-10(9)14(16)17/h3,5-6,13H,1,4H2,2H3. The Morgan fingerprint density at radius 2 is 2.33 bits per heavy atom. The van der Waals surface area contributed by atoms with Crippen LogP contribution in [0.4, 0.5) is 15.8 Å². The van der Waals surface area contributed by atoms with Crippen molar-refractivity contribution in [2.75, 3.05) is 19.0 Å². The van der Waals surface area contributed by atoms with Gasteiger partial charge in [0.1, 0.15) is 11.5 Å². The maximum Gasteiger partial charge on any atom is 0.340 e. The van der Waals surface area contributed by atoms with Gasteiger partial charge in [-0.15, -0.1) is 6.58 Å². The second-order valence-corrected chi connectivity index (χ2v) is 3.27. The normalized spacial score (nSPS) is 9.67. The summed E-state index contributed by atoms with van der Waals surface area (Å²) in [5.74, 6) is -1.90. The molecular weight excluding hydrogens is 243 g/mol. The minimum Gasteiger partial charge on any atom is -0.465 e. The number of anilines is 1. The number of methoxy groups -OCH3 is 1. The molecule has 18 heavy (non-hydrogen) atoms. The van der Waals surface area contributed by atoms with Crippen molar-refractivity contribution in [2.24, 2.45) is 0 Å². The number of nitrogens with one attached hydrogen (secondary N) is 1. The smallest absolute Gasteiger partial charge is 0.340 e. The number of ether oxygens (including phenoxy) is 1. The molecule has 1 aromatic carbocycles. The van der Waals surface area contributed by atoms with Crippen LogP contribution in [0.15, 0.2) is 24.8 Å². The van der Waals surface area contributed by atoms with Crippen LogP contribution in [0.3, 0.4) is 0 Å². The van der Waals surface area contributed by atoms with Crippen LogP contribution in [-0.2, 0) is 4.74 Å². The van der Waals surface area contributed by atoms with Crippen molar-refractivity contribution in [3.63, 3.8) is 0 Å². The van der Waals surface area contributed by atoms with Crippen LogP contribution < -0.4 is 5.32 Å². The molecule has 0 aliphatic rings. The van der Waals surface area contributed by atoms with E-state index in [1.807, 2.05) is 0 Å². The Hall–Kier alpha value is -2.44. The number of rotatable bonds is 5. The van der Waals surface area contributed by atoms with Crippen LogP contribution in [-0.4, -0.2) is 24.5 Å². The first-order valence-corrected chi connectivity index (χ1v) is 4.92. The first-order valence-electron chi connectivity index (χ1n) is 4.92. The highest BCUT2D eigenvalue weighted by molar-refractivity contribution is 5.91. The first-order chi connectivity index (χ1) is 8.51. The Morgan fingerprint density at radius 3 is 2.83 bits per heavy atom. The number of nitrogens with zero attached hydrogens (tertiary/aromatic N) is 1. The maximum atomic E-state index is 13.5. The fraction of sp³-hybridized carbons (Fsp3) is 0.182. The van der Waals surface area contributed by atoms with Crippen molar-refractivity contribution in [3.05, 3.63) is 46.3 Å². The Kier molecular flexibility index (Phi) is 4.36. The number of hydrogen-bond donors (Lipinski definition) is 1. The second kappa shape index (κ2) is 5.76. The van der Waals surface area contributed by atoms with Crippen LogP contribution in [0.25, 0.3) is 0 Å². The summed E-state index contributed by atoms with van der Waals surface area (Å²) in [7, 11) is 1.10. The lowest BCUT2D eigenvalue weighted by atomic mass is 10.1. The molecule has 0 atom stereocenters. The number of nitro groups is 1. The summed E-state index contributed by atoms with van der Waals surface area (Å²) >= 11 is 0. The van der Waals surface area contributed by atoms with Gasteiger partial charge < -0.3 is 10.1 Å². The second-order valence-electron chi connectivity index (χ2n) is 3.27. The minimum absolute atomic E-state index is 0.0294. The third kappa shape index (κ3) is 2.82. The number of halogens is 1. The molecule has 0 saturated heterocycles. The van der Waals surface area contributed by atoms with Gasteiger partial charge in [-0.2, -0.15) is 0 Å². The van der Waals surface area contributed by atoms with E-state index in [9.17, 15) is 19.3 Å². The molecule has 0 unspecified atom stereocenters. The monoisotopic (exact) mass is 254 g/mol. The van der Waals surface area contributed by atoms with Gasteiger partial charge in [-0.25, -0.2) is 9.18 Å². The minimum atomic E-state index is -1.00. The summed E-state index contributed by atoms with van der Waals surface area (Å²) in [6.07, 6.45) is 1.48. The Balaban J connectivity index is 3.30. The first kappa shape index (κ1) is 13.6. The number of carbonyl (C=O) groups excluding carboxylic acids is 1. The molecule has 0 fully saturated rings. The van der Waals surface area contributed by atoms with E-state index in [0.717, 1.165) is 13.2 Å². The summed E-state index contributed by atoms with van der Waals surface area (Å²) in [5.41, 5.74) is -0.793. The molecule has 1 rings (SSSR count). The van der Waals surface area contributed by atoms with Gasteiger partial charge in [0, 0.05) is 6.54 Å². The lowest BCUT2D eigenvalue weighted by Gasteiger charge is -2.07. The van der Waals surface area contributed by atoms with Crippen LogP contribution >= 0.6 is 0 Å². The van der Waals surface area contributed by atoms with E-state index in [-0.39, 0.29) is 17.8 Å². The lowest BCUT2D eigenvalue weighted by molar-refractivity contribution is -0.384. The van der Waals surface area contributed by atoms with Crippen LogP contribution in [0.2, 0.25) is 0 Å². The van der Waals surface area contributed by atoms with Gasteiger partial charge in [-0.3, -0.25) is 10.1 Å². The summed E-state index contributed by atoms with van der Waals surface area (Å²) < 4.78 is 17.9. The molecular formula is C11H11FN2O4. The van der Waals surface area contributed by atoms with E-state index in [1.54, 1.807) is 0 Å². The molecule has 0 heterocycles. The molecule has 0 spiro atoms. The zero-order valence-electron chi connectivity index (χ0n) is 9.60. The third-order valence-electron chi connectivity index (χ3n) is 2.12. The topological polar surface area (TPSA) is 81.5 Å². The summed E-state index contributed by atoms with van der Waals surface area (Å²) in [4.78, 5) is 21.3. The highest BCUT2D eigenvalue weighted by Gasteiger charge is 2.21. The average Bonchev–Trinajstić information content (AvgIpc) is 2.35. The zero-order valence-corrected chi connectivity index (χ0v) is 9.60. The van der Waals surface area contributed by atoms with Gasteiger partial charge >= 0.3 is 5.97 Å². The van der Waals surface area contributed by atoms with Crippen LogP contribution in [0, 0.1) is 15.9 Å². The number of benzene rings is 1. The summed E-state index contributed by atoms with van der Waals surface area (Å²) in [6.45, 7) is 3.69. The van der Waals surface area contributed by atoms with E-state index in [4.69, 9.17) is 0 Å². The number of hydrogen-bond acceptors (Lipinski definition) is 5. The van der Waals surface area contributed by atoms with E-state index in [0.29, 0.717) is 6.07 Å².